The summed E-state index contributed by atoms with van der Waals surface area (Å²) in [5.41, 5.74) is 0.867. The van der Waals surface area contributed by atoms with Crippen molar-refractivity contribution in [1.82, 2.24) is 9.97 Å². The van der Waals surface area contributed by atoms with Gasteiger partial charge in [-0.3, -0.25) is 0 Å². The molecule has 2 aromatic rings. The number of rotatable bonds is 5. The predicted molar refractivity (Wildman–Crippen MR) is 73.9 cm³/mol. The van der Waals surface area contributed by atoms with Gasteiger partial charge in [0.05, 0.1) is 26.6 Å². The van der Waals surface area contributed by atoms with Crippen LogP contribution in [-0.2, 0) is 6.54 Å². The Kier molecular flexibility index (Phi) is 4.41. The van der Waals surface area contributed by atoms with E-state index in [1.54, 1.807) is 26.6 Å². The number of nitrogens with one attached hydrogen (secondary N) is 1. The molecule has 0 spiro atoms. The quantitative estimate of drug-likeness (QED) is 0.912. The Morgan fingerprint density at radius 1 is 1.16 bits per heavy atom. The van der Waals surface area contributed by atoms with E-state index in [0.717, 1.165) is 11.3 Å². The van der Waals surface area contributed by atoms with Gasteiger partial charge in [-0.1, -0.05) is 17.7 Å². The van der Waals surface area contributed by atoms with Crippen LogP contribution in [0.4, 0.5) is 5.95 Å². The van der Waals surface area contributed by atoms with E-state index in [1.165, 1.54) is 0 Å². The Morgan fingerprint density at radius 3 is 2.53 bits per heavy atom. The average molecular weight is 280 g/mol. The summed E-state index contributed by atoms with van der Waals surface area (Å²) in [6.45, 7) is 0.481. The fraction of sp³-hybridized carbons (Fsp3) is 0.231. The third-order valence-electron chi connectivity index (χ3n) is 2.58. The summed E-state index contributed by atoms with van der Waals surface area (Å²) in [6.07, 6.45) is 3.19. The Bertz CT molecular complexity index is 546. The second-order valence-corrected chi connectivity index (χ2v) is 4.13. The molecular formula is C13H14ClN3O2. The van der Waals surface area contributed by atoms with E-state index in [-0.39, 0.29) is 0 Å². The van der Waals surface area contributed by atoms with Gasteiger partial charge in [-0.25, -0.2) is 9.97 Å². The number of hydrogen-bond donors (Lipinski definition) is 1. The van der Waals surface area contributed by atoms with Gasteiger partial charge in [0.1, 0.15) is 5.75 Å². The number of nitrogens with zero attached hydrogens (tertiary/aromatic N) is 2. The van der Waals surface area contributed by atoms with Crippen molar-refractivity contribution in [2.75, 3.05) is 19.5 Å². The molecule has 1 N–H and O–H groups in total. The van der Waals surface area contributed by atoms with Gasteiger partial charge in [0.25, 0.3) is 0 Å². The van der Waals surface area contributed by atoms with Gasteiger partial charge in [0, 0.05) is 17.1 Å². The lowest BCUT2D eigenvalue weighted by Crippen LogP contribution is -2.05. The Balaban J connectivity index is 2.09. The lowest BCUT2D eigenvalue weighted by atomic mass is 10.2. The van der Waals surface area contributed by atoms with Crippen molar-refractivity contribution in [2.24, 2.45) is 0 Å². The minimum atomic E-state index is 0.481. The second-order valence-electron chi connectivity index (χ2n) is 3.72. The van der Waals surface area contributed by atoms with Crippen LogP contribution in [0, 0.1) is 0 Å². The van der Waals surface area contributed by atoms with Crippen molar-refractivity contribution in [3.8, 4) is 11.5 Å². The first-order valence-electron chi connectivity index (χ1n) is 5.66. The standard InChI is InChI=1S/C13H14ClN3O2/c1-18-9-6-15-13(16-7-9)17-8-10-11(14)4-3-5-12(10)19-2/h3-7H,8H2,1-2H3,(H,15,16,17). The largest absolute Gasteiger partial charge is 0.496 e. The Hall–Kier alpha value is -2.01. The van der Waals surface area contributed by atoms with Crippen LogP contribution in [0.15, 0.2) is 30.6 Å². The number of benzene rings is 1. The summed E-state index contributed by atoms with van der Waals surface area (Å²) < 4.78 is 10.3. The molecule has 0 saturated carbocycles. The van der Waals surface area contributed by atoms with Crippen molar-refractivity contribution < 1.29 is 9.47 Å². The highest BCUT2D eigenvalue weighted by atomic mass is 35.5. The fourth-order valence-corrected chi connectivity index (χ4v) is 1.81. The van der Waals surface area contributed by atoms with E-state index in [0.29, 0.717) is 23.3 Å². The zero-order valence-corrected chi connectivity index (χ0v) is 11.4. The lowest BCUT2D eigenvalue weighted by molar-refractivity contribution is 0.409. The number of aromatic nitrogens is 2. The number of halogens is 1. The average Bonchev–Trinajstić information content (AvgIpc) is 2.46. The smallest absolute Gasteiger partial charge is 0.223 e. The molecule has 0 atom stereocenters. The highest BCUT2D eigenvalue weighted by molar-refractivity contribution is 6.31. The molecule has 0 aliphatic carbocycles. The maximum atomic E-state index is 6.14. The summed E-state index contributed by atoms with van der Waals surface area (Å²) in [5.74, 6) is 1.84. The zero-order valence-electron chi connectivity index (χ0n) is 10.7. The molecule has 1 aromatic carbocycles. The molecule has 19 heavy (non-hydrogen) atoms. The summed E-state index contributed by atoms with van der Waals surface area (Å²) >= 11 is 6.14. The third-order valence-corrected chi connectivity index (χ3v) is 2.94. The topological polar surface area (TPSA) is 56.3 Å². The number of methoxy groups -OCH3 is 2. The number of hydrogen-bond acceptors (Lipinski definition) is 5. The van der Waals surface area contributed by atoms with E-state index >= 15 is 0 Å². The van der Waals surface area contributed by atoms with Gasteiger partial charge in [0.15, 0.2) is 5.75 Å². The summed E-state index contributed by atoms with van der Waals surface area (Å²) in [7, 11) is 3.18. The van der Waals surface area contributed by atoms with Gasteiger partial charge in [0.2, 0.25) is 5.95 Å². The molecule has 5 nitrogen and oxygen atoms in total. The van der Waals surface area contributed by atoms with Crippen LogP contribution < -0.4 is 14.8 Å². The van der Waals surface area contributed by atoms with Crippen LogP contribution in [0.1, 0.15) is 5.56 Å². The third kappa shape index (κ3) is 3.26. The van der Waals surface area contributed by atoms with Crippen LogP contribution in [0.2, 0.25) is 5.02 Å². The van der Waals surface area contributed by atoms with Crippen LogP contribution in [0.5, 0.6) is 11.5 Å². The maximum absolute atomic E-state index is 6.14. The molecule has 1 heterocycles. The van der Waals surface area contributed by atoms with Gasteiger partial charge >= 0.3 is 0 Å². The molecule has 0 bridgehead atoms. The van der Waals surface area contributed by atoms with Gasteiger partial charge < -0.3 is 14.8 Å². The maximum Gasteiger partial charge on any atom is 0.223 e. The SMILES string of the molecule is COc1cnc(NCc2c(Cl)cccc2OC)nc1. The van der Waals surface area contributed by atoms with Crippen molar-refractivity contribution in [3.63, 3.8) is 0 Å². The minimum Gasteiger partial charge on any atom is -0.496 e. The summed E-state index contributed by atoms with van der Waals surface area (Å²) in [5, 5.41) is 3.72. The second kappa shape index (κ2) is 6.24. The molecule has 6 heteroatoms. The normalized spacial score (nSPS) is 10.1. The predicted octanol–water partition coefficient (Wildman–Crippen LogP) is 2.76. The van der Waals surface area contributed by atoms with Crippen molar-refractivity contribution in [3.05, 3.63) is 41.2 Å². The highest BCUT2D eigenvalue weighted by Crippen LogP contribution is 2.26. The van der Waals surface area contributed by atoms with E-state index < -0.39 is 0 Å². The first kappa shape index (κ1) is 13.4. The molecule has 0 aliphatic rings. The lowest BCUT2D eigenvalue weighted by Gasteiger charge is -2.11. The van der Waals surface area contributed by atoms with Gasteiger partial charge in [-0.05, 0) is 12.1 Å². The molecule has 0 aliphatic heterocycles. The molecular weight excluding hydrogens is 266 g/mol. The molecule has 0 amide bonds. The molecule has 1 aromatic heterocycles. The Morgan fingerprint density at radius 2 is 1.89 bits per heavy atom. The Labute approximate surface area is 116 Å². The van der Waals surface area contributed by atoms with Gasteiger partial charge in [-0.2, -0.15) is 0 Å². The number of ether oxygens (including phenoxy) is 2. The highest BCUT2D eigenvalue weighted by Gasteiger charge is 2.07. The molecule has 100 valence electrons. The first-order valence-corrected chi connectivity index (χ1v) is 6.03. The van der Waals surface area contributed by atoms with E-state index in [2.05, 4.69) is 15.3 Å². The fourth-order valence-electron chi connectivity index (χ4n) is 1.58. The van der Waals surface area contributed by atoms with Crippen LogP contribution in [-0.4, -0.2) is 24.2 Å². The van der Waals surface area contributed by atoms with Gasteiger partial charge in [-0.15, -0.1) is 0 Å². The molecule has 0 saturated heterocycles. The van der Waals surface area contributed by atoms with E-state index in [1.807, 2.05) is 18.2 Å². The summed E-state index contributed by atoms with van der Waals surface area (Å²) in [6, 6.07) is 5.52. The first-order chi connectivity index (χ1) is 9.24. The van der Waals surface area contributed by atoms with Crippen molar-refractivity contribution >= 4 is 17.5 Å². The zero-order chi connectivity index (χ0) is 13.7. The minimum absolute atomic E-state index is 0.481. The van der Waals surface area contributed by atoms with Crippen LogP contribution >= 0.6 is 11.6 Å². The molecule has 2 rings (SSSR count). The molecule has 0 fully saturated rings. The molecule has 0 unspecified atom stereocenters. The molecule has 0 radical (unpaired) electrons. The van der Waals surface area contributed by atoms with Crippen LogP contribution in [0.25, 0.3) is 0 Å². The van der Waals surface area contributed by atoms with Crippen LogP contribution in [0.3, 0.4) is 0 Å². The van der Waals surface area contributed by atoms with E-state index in [4.69, 9.17) is 21.1 Å². The van der Waals surface area contributed by atoms with E-state index in [9.17, 15) is 0 Å². The monoisotopic (exact) mass is 279 g/mol. The number of anilines is 1. The summed E-state index contributed by atoms with van der Waals surface area (Å²) in [4.78, 5) is 8.24. The van der Waals surface area contributed by atoms with Crippen molar-refractivity contribution in [2.45, 2.75) is 6.54 Å². The van der Waals surface area contributed by atoms with Crippen molar-refractivity contribution in [1.29, 1.82) is 0 Å².